The summed E-state index contributed by atoms with van der Waals surface area (Å²) in [6, 6.07) is 12.6. The largest absolute Gasteiger partial charge is 0.316 e. The molecule has 0 aliphatic rings. The lowest BCUT2D eigenvalue weighted by molar-refractivity contribution is 0.445. The van der Waals surface area contributed by atoms with Gasteiger partial charge in [-0.2, -0.15) is 0 Å². The molecule has 0 aliphatic heterocycles. The van der Waals surface area contributed by atoms with Crippen LogP contribution in [0.3, 0.4) is 0 Å². The van der Waals surface area contributed by atoms with Crippen LogP contribution >= 0.6 is 22.9 Å². The van der Waals surface area contributed by atoms with Gasteiger partial charge in [-0.05, 0) is 67.8 Å². The third kappa shape index (κ3) is 5.82. The van der Waals surface area contributed by atoms with Gasteiger partial charge in [-0.3, -0.25) is 0 Å². The van der Waals surface area contributed by atoms with E-state index >= 15 is 0 Å². The summed E-state index contributed by atoms with van der Waals surface area (Å²) in [5.41, 5.74) is 1.27. The number of rotatable bonds is 9. The molecule has 1 unspecified atom stereocenters. The first-order valence-electron chi connectivity index (χ1n) is 7.76. The summed E-state index contributed by atoms with van der Waals surface area (Å²) in [5, 5.41) is 6.62. The van der Waals surface area contributed by atoms with Gasteiger partial charge in [-0.1, -0.05) is 42.8 Å². The number of thiophene rings is 1. The molecule has 1 atom stereocenters. The summed E-state index contributed by atoms with van der Waals surface area (Å²) in [5.74, 6) is 0.638. The van der Waals surface area contributed by atoms with Crippen LogP contribution in [0.1, 0.15) is 30.2 Å². The molecule has 0 bridgehead atoms. The fraction of sp³-hybridized carbons (Fsp3) is 0.444. The van der Waals surface area contributed by atoms with Gasteiger partial charge in [0.1, 0.15) is 0 Å². The van der Waals surface area contributed by atoms with Gasteiger partial charge >= 0.3 is 0 Å². The molecule has 0 saturated carbocycles. The third-order valence-corrected chi connectivity index (χ3v) is 5.01. The fourth-order valence-corrected chi connectivity index (χ4v) is 3.47. The SMILES string of the molecule is CCCNCC(CCc1cccs1)Cc1ccccc1Cl. The Morgan fingerprint density at radius 1 is 1.19 bits per heavy atom. The molecule has 1 aromatic heterocycles. The van der Waals surface area contributed by atoms with Gasteiger partial charge in [-0.15, -0.1) is 11.3 Å². The van der Waals surface area contributed by atoms with Crippen molar-refractivity contribution in [3.8, 4) is 0 Å². The maximum atomic E-state index is 6.31. The minimum atomic E-state index is 0.638. The van der Waals surface area contributed by atoms with E-state index in [0.717, 1.165) is 24.5 Å². The van der Waals surface area contributed by atoms with Crippen LogP contribution < -0.4 is 5.32 Å². The molecule has 21 heavy (non-hydrogen) atoms. The van der Waals surface area contributed by atoms with Crippen molar-refractivity contribution in [3.63, 3.8) is 0 Å². The van der Waals surface area contributed by atoms with Gasteiger partial charge < -0.3 is 5.32 Å². The number of benzene rings is 1. The summed E-state index contributed by atoms with van der Waals surface area (Å²) in [4.78, 5) is 1.48. The Balaban J connectivity index is 1.92. The van der Waals surface area contributed by atoms with Crippen LogP contribution in [0.25, 0.3) is 0 Å². The minimum absolute atomic E-state index is 0.638. The normalized spacial score (nSPS) is 12.5. The highest BCUT2D eigenvalue weighted by molar-refractivity contribution is 7.09. The van der Waals surface area contributed by atoms with Gasteiger partial charge in [0.25, 0.3) is 0 Å². The molecular weight excluding hydrogens is 298 g/mol. The summed E-state index contributed by atoms with van der Waals surface area (Å²) < 4.78 is 0. The fourth-order valence-electron chi connectivity index (χ4n) is 2.54. The van der Waals surface area contributed by atoms with E-state index in [1.165, 1.54) is 29.7 Å². The summed E-state index contributed by atoms with van der Waals surface area (Å²) in [6.07, 6.45) is 4.62. The Kier molecular flexibility index (Phi) is 7.28. The van der Waals surface area contributed by atoms with Crippen molar-refractivity contribution in [1.29, 1.82) is 0 Å². The second kappa shape index (κ2) is 9.24. The first kappa shape index (κ1) is 16.5. The molecule has 1 heterocycles. The number of hydrogen-bond donors (Lipinski definition) is 1. The Morgan fingerprint density at radius 3 is 2.76 bits per heavy atom. The molecule has 1 aromatic carbocycles. The van der Waals surface area contributed by atoms with Crippen LogP contribution in [-0.2, 0) is 12.8 Å². The van der Waals surface area contributed by atoms with E-state index in [1.54, 1.807) is 0 Å². The van der Waals surface area contributed by atoms with E-state index in [4.69, 9.17) is 11.6 Å². The van der Waals surface area contributed by atoms with Crippen molar-refractivity contribution in [1.82, 2.24) is 5.32 Å². The highest BCUT2D eigenvalue weighted by atomic mass is 35.5. The predicted molar refractivity (Wildman–Crippen MR) is 94.4 cm³/mol. The first-order chi connectivity index (χ1) is 10.3. The van der Waals surface area contributed by atoms with Crippen LogP contribution in [0.5, 0.6) is 0 Å². The van der Waals surface area contributed by atoms with Gasteiger partial charge in [0.15, 0.2) is 0 Å². The zero-order valence-electron chi connectivity index (χ0n) is 12.6. The second-order valence-electron chi connectivity index (χ2n) is 5.48. The van der Waals surface area contributed by atoms with Crippen LogP contribution in [0.4, 0.5) is 0 Å². The highest BCUT2D eigenvalue weighted by Gasteiger charge is 2.12. The minimum Gasteiger partial charge on any atom is -0.316 e. The second-order valence-corrected chi connectivity index (χ2v) is 6.92. The average Bonchev–Trinajstić information content (AvgIpc) is 3.00. The predicted octanol–water partition coefficient (Wildman–Crippen LogP) is 5.19. The van der Waals surface area contributed by atoms with Crippen LogP contribution in [-0.4, -0.2) is 13.1 Å². The molecule has 3 heteroatoms. The number of hydrogen-bond acceptors (Lipinski definition) is 2. The lowest BCUT2D eigenvalue weighted by atomic mass is 9.94. The molecule has 0 saturated heterocycles. The molecule has 1 N–H and O–H groups in total. The lowest BCUT2D eigenvalue weighted by Crippen LogP contribution is -2.25. The number of aryl methyl sites for hydroxylation is 1. The van der Waals surface area contributed by atoms with Crippen molar-refractivity contribution in [3.05, 3.63) is 57.2 Å². The molecule has 2 aromatic rings. The Morgan fingerprint density at radius 2 is 2.05 bits per heavy atom. The summed E-state index contributed by atoms with van der Waals surface area (Å²) >= 11 is 8.17. The van der Waals surface area contributed by atoms with Crippen LogP contribution in [0.15, 0.2) is 41.8 Å². The maximum Gasteiger partial charge on any atom is 0.0438 e. The van der Waals surface area contributed by atoms with E-state index < -0.39 is 0 Å². The number of halogens is 1. The monoisotopic (exact) mass is 321 g/mol. The molecule has 1 nitrogen and oxygen atoms in total. The molecule has 2 rings (SSSR count). The number of nitrogens with one attached hydrogen (secondary N) is 1. The van der Waals surface area contributed by atoms with Gasteiger partial charge in [0.2, 0.25) is 0 Å². The zero-order valence-corrected chi connectivity index (χ0v) is 14.2. The van der Waals surface area contributed by atoms with Crippen LogP contribution in [0, 0.1) is 5.92 Å². The Hall–Kier alpha value is -0.830. The molecule has 0 fully saturated rings. The lowest BCUT2D eigenvalue weighted by Gasteiger charge is -2.18. The summed E-state index contributed by atoms with van der Waals surface area (Å²) in [6.45, 7) is 4.38. The van der Waals surface area contributed by atoms with E-state index in [2.05, 4.69) is 41.9 Å². The topological polar surface area (TPSA) is 12.0 Å². The average molecular weight is 322 g/mol. The quantitative estimate of drug-likeness (QED) is 0.626. The van der Waals surface area contributed by atoms with Crippen molar-refractivity contribution in [2.24, 2.45) is 5.92 Å². The van der Waals surface area contributed by atoms with Crippen molar-refractivity contribution in [2.45, 2.75) is 32.6 Å². The third-order valence-electron chi connectivity index (χ3n) is 3.71. The molecule has 0 radical (unpaired) electrons. The van der Waals surface area contributed by atoms with Crippen LogP contribution in [0.2, 0.25) is 5.02 Å². The zero-order chi connectivity index (χ0) is 14.9. The standard InChI is InChI=1S/C18H24ClNS/c1-2-11-20-14-15(9-10-17-7-5-12-21-17)13-16-6-3-4-8-18(16)19/h3-8,12,15,20H,2,9-11,13-14H2,1H3. The smallest absolute Gasteiger partial charge is 0.0438 e. The maximum absolute atomic E-state index is 6.31. The molecular formula is C18H24ClNS. The van der Waals surface area contributed by atoms with Crippen molar-refractivity contribution < 1.29 is 0 Å². The van der Waals surface area contributed by atoms with Crippen molar-refractivity contribution >= 4 is 22.9 Å². The van der Waals surface area contributed by atoms with E-state index in [9.17, 15) is 0 Å². The molecule has 0 amide bonds. The highest BCUT2D eigenvalue weighted by Crippen LogP contribution is 2.22. The Bertz CT molecular complexity index is 510. The van der Waals surface area contributed by atoms with E-state index in [0.29, 0.717) is 5.92 Å². The van der Waals surface area contributed by atoms with E-state index in [1.807, 2.05) is 23.5 Å². The Labute approximate surface area is 137 Å². The first-order valence-corrected chi connectivity index (χ1v) is 9.02. The van der Waals surface area contributed by atoms with Gasteiger partial charge in [-0.25, -0.2) is 0 Å². The van der Waals surface area contributed by atoms with Gasteiger partial charge in [0, 0.05) is 9.90 Å². The summed E-state index contributed by atoms with van der Waals surface area (Å²) in [7, 11) is 0. The van der Waals surface area contributed by atoms with Gasteiger partial charge in [0.05, 0.1) is 0 Å². The molecule has 0 aliphatic carbocycles. The van der Waals surface area contributed by atoms with Crippen molar-refractivity contribution in [2.75, 3.05) is 13.1 Å². The molecule has 114 valence electrons. The molecule has 0 spiro atoms. The van der Waals surface area contributed by atoms with E-state index in [-0.39, 0.29) is 0 Å².